The molecule has 3 atom stereocenters. The van der Waals surface area contributed by atoms with Gasteiger partial charge in [0.05, 0.1) is 12.5 Å². The molecule has 2 aliphatic heterocycles. The Morgan fingerprint density at radius 2 is 2.16 bits per heavy atom. The average Bonchev–Trinajstić information content (AvgIpc) is 2.78. The van der Waals surface area contributed by atoms with Crippen LogP contribution in [0, 0.1) is 0 Å². The molecular weight excluding hydrogens is 354 g/mol. The zero-order chi connectivity index (χ0) is 18.2. The Hall–Kier alpha value is -2.24. The Labute approximate surface area is 143 Å². The van der Waals surface area contributed by atoms with Gasteiger partial charge in [0.1, 0.15) is 0 Å². The summed E-state index contributed by atoms with van der Waals surface area (Å²) in [5.74, 6) is -1.55. The highest BCUT2D eigenvalue weighted by Crippen LogP contribution is 2.38. The summed E-state index contributed by atoms with van der Waals surface area (Å²) in [6, 6.07) is 3.47. The predicted octanol–water partition coefficient (Wildman–Crippen LogP) is 0.643. The van der Waals surface area contributed by atoms with Crippen molar-refractivity contribution in [1.82, 2.24) is 14.9 Å². The van der Waals surface area contributed by atoms with Crippen molar-refractivity contribution in [2.24, 2.45) is 0 Å². The predicted molar refractivity (Wildman–Crippen MR) is 82.6 cm³/mol. The van der Waals surface area contributed by atoms with Crippen LogP contribution < -0.4 is 0 Å². The molecule has 2 amide bonds. The fourth-order valence-corrected chi connectivity index (χ4v) is 3.89. The summed E-state index contributed by atoms with van der Waals surface area (Å²) in [5, 5.41) is 9.88. The summed E-state index contributed by atoms with van der Waals surface area (Å²) < 4.78 is 35.1. The van der Waals surface area contributed by atoms with Crippen molar-refractivity contribution in [2.75, 3.05) is 6.54 Å². The van der Waals surface area contributed by atoms with Crippen LogP contribution in [0.15, 0.2) is 24.4 Å². The summed E-state index contributed by atoms with van der Waals surface area (Å²) in [5.41, 5.74) is 0.551. The molecule has 0 spiro atoms. The summed E-state index contributed by atoms with van der Waals surface area (Å²) >= 11 is 0. The second kappa shape index (κ2) is 6.58. The van der Waals surface area contributed by atoms with E-state index in [1.807, 2.05) is 0 Å². The molecule has 0 radical (unpaired) electrons. The molecule has 3 rings (SSSR count). The molecule has 0 aromatic carbocycles. The van der Waals surface area contributed by atoms with Gasteiger partial charge in [0.15, 0.2) is 0 Å². The lowest BCUT2D eigenvalue weighted by Crippen LogP contribution is -2.44. The third-order valence-corrected chi connectivity index (χ3v) is 4.82. The van der Waals surface area contributed by atoms with Gasteiger partial charge in [0.25, 0.3) is 0 Å². The SMILES string of the molecule is O=C(O)CC(c1ccccn1)C1CC[C@@H]2CN1C(=O)N2OS(=O)(=O)O. The first-order valence-electron chi connectivity index (χ1n) is 7.66. The number of carbonyl (C=O) groups excluding carboxylic acids is 1. The quantitative estimate of drug-likeness (QED) is 0.695. The molecule has 2 saturated heterocycles. The molecule has 136 valence electrons. The topological polar surface area (TPSA) is 137 Å². The number of carboxylic acid groups (broad SMARTS) is 1. The van der Waals surface area contributed by atoms with Crippen LogP contribution in [0.5, 0.6) is 0 Å². The molecule has 2 aliphatic rings. The number of carboxylic acids is 1. The second-order valence-electron chi connectivity index (χ2n) is 6.02. The number of aliphatic carboxylic acids is 1. The van der Waals surface area contributed by atoms with Gasteiger partial charge in [-0.2, -0.15) is 13.5 Å². The van der Waals surface area contributed by atoms with Gasteiger partial charge >= 0.3 is 22.4 Å². The van der Waals surface area contributed by atoms with Gasteiger partial charge in [0.2, 0.25) is 0 Å². The van der Waals surface area contributed by atoms with E-state index < -0.39 is 40.4 Å². The lowest BCUT2D eigenvalue weighted by atomic mass is 9.85. The highest BCUT2D eigenvalue weighted by molar-refractivity contribution is 7.80. The maximum atomic E-state index is 12.5. The number of amides is 2. The van der Waals surface area contributed by atoms with E-state index in [2.05, 4.69) is 9.27 Å². The first-order valence-corrected chi connectivity index (χ1v) is 9.02. The van der Waals surface area contributed by atoms with Crippen molar-refractivity contribution in [2.45, 2.75) is 37.3 Å². The van der Waals surface area contributed by atoms with Gasteiger partial charge in [-0.05, 0) is 25.0 Å². The van der Waals surface area contributed by atoms with Crippen molar-refractivity contribution in [1.29, 1.82) is 0 Å². The number of fused-ring (bicyclic) bond motifs is 2. The van der Waals surface area contributed by atoms with Crippen molar-refractivity contribution in [3.8, 4) is 0 Å². The number of rotatable bonds is 6. The Morgan fingerprint density at radius 3 is 2.76 bits per heavy atom. The number of hydroxylamine groups is 2. The van der Waals surface area contributed by atoms with Crippen LogP contribution in [-0.4, -0.2) is 63.7 Å². The highest BCUT2D eigenvalue weighted by Gasteiger charge is 2.49. The van der Waals surface area contributed by atoms with E-state index in [9.17, 15) is 23.1 Å². The van der Waals surface area contributed by atoms with Gasteiger partial charge in [-0.15, -0.1) is 4.28 Å². The Kier molecular flexibility index (Phi) is 4.62. The normalized spacial score (nSPS) is 24.4. The minimum atomic E-state index is -4.82. The summed E-state index contributed by atoms with van der Waals surface area (Å²) in [6.07, 6.45) is 2.23. The van der Waals surface area contributed by atoms with Crippen LogP contribution in [0.1, 0.15) is 30.9 Å². The standard InChI is InChI=1S/C14H17N3O7S/c18-13(19)7-10(11-3-1-2-6-15-11)12-5-4-9-8-16(12)14(20)17(9)24-25(21,22)23/h1-3,6,9-10,12H,4-5,7-8H2,(H,18,19)(H,21,22,23)/t9-,10?,12?/m1/s1. The largest absolute Gasteiger partial charge is 0.481 e. The van der Waals surface area contributed by atoms with E-state index in [1.54, 1.807) is 24.4 Å². The molecule has 1 aromatic rings. The molecule has 0 saturated carbocycles. The zero-order valence-corrected chi connectivity index (χ0v) is 13.9. The van der Waals surface area contributed by atoms with Gasteiger partial charge in [0, 0.05) is 30.4 Å². The third kappa shape index (κ3) is 3.72. The second-order valence-corrected chi connectivity index (χ2v) is 7.03. The first kappa shape index (κ1) is 17.6. The number of hydrogen-bond acceptors (Lipinski definition) is 6. The van der Waals surface area contributed by atoms with E-state index in [0.29, 0.717) is 23.6 Å². The highest BCUT2D eigenvalue weighted by atomic mass is 32.3. The summed E-state index contributed by atoms with van der Waals surface area (Å²) in [7, 11) is -4.82. The van der Waals surface area contributed by atoms with Gasteiger partial charge in [-0.3, -0.25) is 14.3 Å². The summed E-state index contributed by atoms with van der Waals surface area (Å²) in [6.45, 7) is 0.196. The summed E-state index contributed by atoms with van der Waals surface area (Å²) in [4.78, 5) is 29.4. The van der Waals surface area contributed by atoms with Gasteiger partial charge in [-0.1, -0.05) is 6.07 Å². The van der Waals surface area contributed by atoms with Crippen LogP contribution in [0.4, 0.5) is 4.79 Å². The number of aromatic nitrogens is 1. The zero-order valence-electron chi connectivity index (χ0n) is 13.1. The molecule has 0 aliphatic carbocycles. The van der Waals surface area contributed by atoms with E-state index >= 15 is 0 Å². The minimum absolute atomic E-state index is 0.196. The lowest BCUT2D eigenvalue weighted by molar-refractivity contribution is -0.137. The monoisotopic (exact) mass is 371 g/mol. The van der Waals surface area contributed by atoms with Crippen molar-refractivity contribution >= 4 is 22.4 Å². The van der Waals surface area contributed by atoms with Crippen LogP contribution in [-0.2, 0) is 19.5 Å². The lowest BCUT2D eigenvalue weighted by Gasteiger charge is -2.35. The van der Waals surface area contributed by atoms with Crippen LogP contribution in [0.25, 0.3) is 0 Å². The van der Waals surface area contributed by atoms with Gasteiger partial charge < -0.3 is 10.0 Å². The van der Waals surface area contributed by atoms with Crippen LogP contribution in [0.3, 0.4) is 0 Å². The van der Waals surface area contributed by atoms with Crippen molar-refractivity contribution in [3.05, 3.63) is 30.1 Å². The van der Waals surface area contributed by atoms with Crippen LogP contribution >= 0.6 is 0 Å². The number of hydrogen-bond donors (Lipinski definition) is 2. The van der Waals surface area contributed by atoms with Crippen LogP contribution in [0.2, 0.25) is 0 Å². The molecule has 2 fully saturated rings. The number of pyridine rings is 1. The Bertz CT molecular complexity index is 770. The number of carbonyl (C=O) groups is 2. The van der Waals surface area contributed by atoms with Crippen molar-refractivity contribution < 1.29 is 31.9 Å². The van der Waals surface area contributed by atoms with E-state index in [-0.39, 0.29) is 13.0 Å². The molecule has 25 heavy (non-hydrogen) atoms. The fourth-order valence-electron chi connectivity index (χ4n) is 3.50. The Morgan fingerprint density at radius 1 is 1.40 bits per heavy atom. The van der Waals surface area contributed by atoms with Crippen molar-refractivity contribution in [3.63, 3.8) is 0 Å². The molecule has 2 unspecified atom stereocenters. The van der Waals surface area contributed by atoms with E-state index in [0.717, 1.165) is 0 Å². The molecule has 2 N–H and O–H groups in total. The average molecular weight is 371 g/mol. The van der Waals surface area contributed by atoms with E-state index in [4.69, 9.17) is 4.55 Å². The molecule has 3 heterocycles. The molecule has 1 aromatic heterocycles. The third-order valence-electron chi connectivity index (χ3n) is 4.47. The molecule has 2 bridgehead atoms. The van der Waals surface area contributed by atoms with E-state index in [1.165, 1.54) is 4.90 Å². The first-order chi connectivity index (χ1) is 11.8. The number of urea groups is 1. The number of nitrogens with zero attached hydrogens (tertiary/aromatic N) is 3. The van der Waals surface area contributed by atoms with Gasteiger partial charge in [-0.25, -0.2) is 4.79 Å². The smallest absolute Gasteiger partial charge is 0.418 e. The maximum absolute atomic E-state index is 12.5. The Balaban J connectivity index is 1.87. The molecular formula is C14H17N3O7S. The maximum Gasteiger partial charge on any atom is 0.418 e. The molecule has 11 heteroatoms. The number of piperidine rings is 1. The molecule has 10 nitrogen and oxygen atoms in total. The minimum Gasteiger partial charge on any atom is -0.481 e. The fraction of sp³-hybridized carbons (Fsp3) is 0.500.